The van der Waals surface area contributed by atoms with Crippen LogP contribution in [0.1, 0.15) is 98.0 Å². The van der Waals surface area contributed by atoms with Crippen molar-refractivity contribution in [3.05, 3.63) is 47.6 Å². The summed E-state index contributed by atoms with van der Waals surface area (Å²) in [7, 11) is -4.58. The number of phenols is 2. The van der Waals surface area contributed by atoms with Gasteiger partial charge >= 0.3 is 10.4 Å². The Bertz CT molecular complexity index is 1120. The number of phenolic OH excluding ortho intramolecular Hbond substituents is 2. The van der Waals surface area contributed by atoms with Crippen LogP contribution in [0.2, 0.25) is 0 Å². The van der Waals surface area contributed by atoms with E-state index in [4.69, 9.17) is 4.18 Å². The van der Waals surface area contributed by atoms with E-state index in [-0.39, 0.29) is 34.2 Å². The van der Waals surface area contributed by atoms with Crippen molar-refractivity contribution in [3.63, 3.8) is 0 Å². The van der Waals surface area contributed by atoms with Gasteiger partial charge in [0.25, 0.3) is 0 Å². The van der Waals surface area contributed by atoms with Gasteiger partial charge < -0.3 is 10.2 Å². The van der Waals surface area contributed by atoms with Crippen LogP contribution in [0.3, 0.4) is 0 Å². The van der Waals surface area contributed by atoms with Gasteiger partial charge in [0, 0.05) is 5.56 Å². The summed E-state index contributed by atoms with van der Waals surface area (Å²) in [6, 6.07) is 4.51. The first kappa shape index (κ1) is 30.7. The van der Waals surface area contributed by atoms with Crippen LogP contribution in [0.15, 0.2) is 42.0 Å². The highest BCUT2D eigenvalue weighted by atomic mass is 32.3. The second-order valence-corrected chi connectivity index (χ2v) is 13.9. The quantitative estimate of drug-likeness (QED) is 0.148. The molecule has 2 aliphatic rings. The fraction of sp³-hybridized carbons (Fsp3) is 0.677. The Morgan fingerprint density at radius 3 is 2.63 bits per heavy atom. The average molecular weight is 549 g/mol. The third-order valence-electron chi connectivity index (χ3n) is 9.63. The number of benzene rings is 1. The van der Waals surface area contributed by atoms with Gasteiger partial charge in [0.2, 0.25) is 0 Å². The number of rotatable bonds is 11. The molecule has 0 unspecified atom stereocenters. The third kappa shape index (κ3) is 7.64. The molecule has 0 bridgehead atoms. The lowest BCUT2D eigenvalue weighted by molar-refractivity contribution is -0.0654. The Labute approximate surface area is 230 Å². The number of allylic oxidation sites excluding steroid dienone is 3. The summed E-state index contributed by atoms with van der Waals surface area (Å²) in [6.07, 6.45) is 10.5. The van der Waals surface area contributed by atoms with Crippen molar-refractivity contribution in [2.24, 2.45) is 28.6 Å². The average Bonchev–Trinajstić information content (AvgIpc) is 2.79. The summed E-state index contributed by atoms with van der Waals surface area (Å²) in [4.78, 5) is 0. The third-order valence-corrected chi connectivity index (χ3v) is 10.1. The lowest BCUT2D eigenvalue weighted by atomic mass is 9.47. The molecule has 0 amide bonds. The molecular formula is C31H48O6S. The number of aromatic hydroxyl groups is 2. The van der Waals surface area contributed by atoms with Gasteiger partial charge in [0.05, 0.1) is 6.10 Å². The van der Waals surface area contributed by atoms with E-state index in [0.29, 0.717) is 24.3 Å². The van der Waals surface area contributed by atoms with E-state index in [0.717, 1.165) is 50.5 Å². The van der Waals surface area contributed by atoms with E-state index in [1.54, 1.807) is 6.07 Å². The van der Waals surface area contributed by atoms with E-state index in [2.05, 4.69) is 27.4 Å². The predicted octanol–water partition coefficient (Wildman–Crippen LogP) is 7.77. The van der Waals surface area contributed by atoms with Gasteiger partial charge in [-0.2, -0.15) is 8.42 Å². The van der Waals surface area contributed by atoms with E-state index >= 15 is 0 Å². The maximum Gasteiger partial charge on any atom is 0.397 e. The number of fused-ring (bicyclic) bond motifs is 1. The molecule has 0 spiro atoms. The second kappa shape index (κ2) is 12.1. The topological polar surface area (TPSA) is 104 Å². The molecule has 0 heterocycles. The Kier molecular flexibility index (Phi) is 9.81. The van der Waals surface area contributed by atoms with Crippen LogP contribution in [0, 0.1) is 28.6 Å². The molecule has 38 heavy (non-hydrogen) atoms. The fourth-order valence-corrected chi connectivity index (χ4v) is 8.06. The molecule has 214 valence electrons. The minimum absolute atomic E-state index is 0.0500. The monoisotopic (exact) mass is 548 g/mol. The first-order chi connectivity index (χ1) is 17.6. The van der Waals surface area contributed by atoms with Crippen LogP contribution in [0.4, 0.5) is 0 Å². The van der Waals surface area contributed by atoms with Gasteiger partial charge in [-0.05, 0) is 111 Å². The second-order valence-electron chi connectivity index (χ2n) is 12.9. The summed E-state index contributed by atoms with van der Waals surface area (Å²) in [5, 5.41) is 19.7. The van der Waals surface area contributed by atoms with Gasteiger partial charge in [-0.1, -0.05) is 57.9 Å². The van der Waals surface area contributed by atoms with Gasteiger partial charge in [0.15, 0.2) is 0 Å². The lowest BCUT2D eigenvalue weighted by Crippen LogP contribution is -2.50. The van der Waals surface area contributed by atoms with Gasteiger partial charge in [-0.25, -0.2) is 4.18 Å². The predicted molar refractivity (Wildman–Crippen MR) is 152 cm³/mol. The summed E-state index contributed by atoms with van der Waals surface area (Å²) in [6.45, 7) is 15.6. The molecule has 0 saturated heterocycles. The van der Waals surface area contributed by atoms with Crippen LogP contribution in [-0.4, -0.2) is 29.3 Å². The van der Waals surface area contributed by atoms with E-state index in [1.807, 2.05) is 19.9 Å². The Morgan fingerprint density at radius 2 is 1.95 bits per heavy atom. The normalized spacial score (nSPS) is 27.5. The van der Waals surface area contributed by atoms with Crippen molar-refractivity contribution in [3.8, 4) is 11.5 Å². The van der Waals surface area contributed by atoms with Gasteiger partial charge in [0.1, 0.15) is 11.5 Å². The van der Waals surface area contributed by atoms with Crippen molar-refractivity contribution >= 4 is 10.4 Å². The molecule has 1 aromatic carbocycles. The highest BCUT2D eigenvalue weighted by Gasteiger charge is 2.53. The van der Waals surface area contributed by atoms with E-state index in [1.165, 1.54) is 24.1 Å². The fourth-order valence-electron chi connectivity index (χ4n) is 7.48. The van der Waals surface area contributed by atoms with Crippen LogP contribution < -0.4 is 0 Å². The minimum Gasteiger partial charge on any atom is -0.508 e. The maximum atomic E-state index is 11.9. The van der Waals surface area contributed by atoms with Crippen molar-refractivity contribution in [2.75, 3.05) is 0 Å². The van der Waals surface area contributed by atoms with Crippen molar-refractivity contribution in [1.29, 1.82) is 0 Å². The number of hydrogen-bond acceptors (Lipinski definition) is 5. The molecule has 2 aliphatic carbocycles. The zero-order valence-electron chi connectivity index (χ0n) is 23.9. The molecular weight excluding hydrogens is 500 g/mol. The minimum atomic E-state index is -4.58. The molecule has 0 radical (unpaired) electrons. The summed E-state index contributed by atoms with van der Waals surface area (Å²) < 4.78 is 38.7. The largest absolute Gasteiger partial charge is 0.508 e. The van der Waals surface area contributed by atoms with Gasteiger partial charge in [-0.15, -0.1) is 0 Å². The summed E-state index contributed by atoms with van der Waals surface area (Å²) in [5.74, 6) is 0.937. The van der Waals surface area contributed by atoms with Crippen LogP contribution in [-0.2, 0) is 21.0 Å². The SMILES string of the molecule is C=C1CC[C@@H]2C(C)(C)CCC[C@@]2(C)[C@@H]1C[C@H](OS(=O)(=O)O)[C@@H](C)CCCC(C)=CCc1cc(O)ccc1O. The number of hydrogen-bond donors (Lipinski definition) is 3. The molecule has 0 aliphatic heterocycles. The van der Waals surface area contributed by atoms with Crippen molar-refractivity contribution in [1.82, 2.24) is 0 Å². The maximum absolute atomic E-state index is 11.9. The molecule has 2 fully saturated rings. The van der Waals surface area contributed by atoms with Crippen LogP contribution in [0.25, 0.3) is 0 Å². The first-order valence-corrected chi connectivity index (χ1v) is 15.5. The van der Waals surface area contributed by atoms with Crippen LogP contribution in [0.5, 0.6) is 11.5 Å². The van der Waals surface area contributed by atoms with Gasteiger partial charge in [-0.3, -0.25) is 4.55 Å². The lowest BCUT2D eigenvalue weighted by Gasteiger charge is -2.58. The van der Waals surface area contributed by atoms with Crippen LogP contribution >= 0.6 is 0 Å². The molecule has 2 saturated carbocycles. The molecule has 1 aromatic rings. The standard InChI is InChI=1S/C31H48O6S/c1-21(11-13-24-19-25(32)14-15-27(24)33)9-7-10-23(3)28(37-38(34,35)36)20-26-22(2)12-16-29-30(4,5)17-8-18-31(26,29)6/h11,14-15,19,23,26,28-29,32-33H,2,7-10,12-13,16-18,20H2,1,3-6H3,(H,34,35,36)/t23-,26+,28-,29+,31-/m0/s1. The molecule has 5 atom stereocenters. The zero-order valence-corrected chi connectivity index (χ0v) is 24.7. The zero-order chi connectivity index (χ0) is 28.3. The molecule has 0 aromatic heterocycles. The molecule has 3 rings (SSSR count). The Balaban J connectivity index is 1.67. The highest BCUT2D eigenvalue weighted by Crippen LogP contribution is 2.62. The Hall–Kier alpha value is -1.83. The van der Waals surface area contributed by atoms with Crippen molar-refractivity contribution < 1.29 is 27.4 Å². The molecule has 7 heteroatoms. The van der Waals surface area contributed by atoms with E-state index < -0.39 is 16.5 Å². The summed E-state index contributed by atoms with van der Waals surface area (Å²) in [5.41, 5.74) is 3.31. The highest BCUT2D eigenvalue weighted by molar-refractivity contribution is 7.80. The Morgan fingerprint density at radius 1 is 1.24 bits per heavy atom. The summed E-state index contributed by atoms with van der Waals surface area (Å²) >= 11 is 0. The van der Waals surface area contributed by atoms with Crippen molar-refractivity contribution in [2.45, 2.75) is 105 Å². The van der Waals surface area contributed by atoms with E-state index in [9.17, 15) is 23.2 Å². The first-order valence-electron chi connectivity index (χ1n) is 14.1. The smallest absolute Gasteiger partial charge is 0.397 e. The molecule has 3 N–H and O–H groups in total. The molecule has 6 nitrogen and oxygen atoms in total.